The summed E-state index contributed by atoms with van der Waals surface area (Å²) in [7, 11) is 0. The first kappa shape index (κ1) is 19.4. The molecule has 2 N–H and O–H groups in total. The maximum absolute atomic E-state index is 13.0. The molecule has 2 aromatic rings. The van der Waals surface area contributed by atoms with E-state index in [1.54, 1.807) is 30.5 Å². The van der Waals surface area contributed by atoms with E-state index in [4.69, 9.17) is 10.5 Å². The van der Waals surface area contributed by atoms with Gasteiger partial charge in [0, 0.05) is 24.2 Å². The van der Waals surface area contributed by atoms with E-state index in [1.165, 1.54) is 4.57 Å². The van der Waals surface area contributed by atoms with E-state index in [1.807, 2.05) is 4.31 Å². The molecule has 0 amide bonds. The van der Waals surface area contributed by atoms with Crippen molar-refractivity contribution in [3.05, 3.63) is 40.8 Å². The Bertz CT molecular complexity index is 925. The number of benzene rings is 1. The number of pyridine rings is 1. The fourth-order valence-electron chi connectivity index (χ4n) is 4.00. The zero-order chi connectivity index (χ0) is 19.7. The highest BCUT2D eigenvalue weighted by Gasteiger charge is 2.31. The normalized spacial score (nSPS) is 22.0. The van der Waals surface area contributed by atoms with Crippen molar-refractivity contribution in [1.29, 1.82) is 0 Å². The lowest BCUT2D eigenvalue weighted by Crippen LogP contribution is -2.32. The van der Waals surface area contributed by atoms with Crippen LogP contribution < -0.4 is 11.3 Å². The second kappa shape index (κ2) is 8.24. The van der Waals surface area contributed by atoms with Gasteiger partial charge in [0.2, 0.25) is 0 Å². The predicted molar refractivity (Wildman–Crippen MR) is 107 cm³/mol. The number of fused-ring (bicyclic) bond motifs is 1. The van der Waals surface area contributed by atoms with Crippen LogP contribution in [0, 0.1) is 5.92 Å². The molecule has 1 aliphatic heterocycles. The number of hydrogen-bond donors (Lipinski definition) is 1. The van der Waals surface area contributed by atoms with Gasteiger partial charge in [0.25, 0.3) is 5.56 Å². The summed E-state index contributed by atoms with van der Waals surface area (Å²) in [5, 5.41) is 1.12. The van der Waals surface area contributed by atoms with Gasteiger partial charge in [0.05, 0.1) is 29.2 Å². The van der Waals surface area contributed by atoms with Crippen molar-refractivity contribution < 1.29 is 14.1 Å². The lowest BCUT2D eigenvalue weighted by Gasteiger charge is -2.20. The minimum absolute atomic E-state index is 0.0331. The Balaban J connectivity index is 1.56. The quantitative estimate of drug-likeness (QED) is 0.603. The number of nitrogens with two attached hydrogens (primary N) is 1. The molecule has 1 aromatic heterocycles. The van der Waals surface area contributed by atoms with Crippen molar-refractivity contribution in [3.8, 4) is 0 Å². The minimum Gasteiger partial charge on any atom is -0.593 e. The van der Waals surface area contributed by atoms with Crippen LogP contribution >= 0.6 is 0 Å². The maximum atomic E-state index is 13.0. The third-order valence-electron chi connectivity index (χ3n) is 5.62. The van der Waals surface area contributed by atoms with E-state index in [9.17, 15) is 14.1 Å². The highest BCUT2D eigenvalue weighted by atomic mass is 32.2. The van der Waals surface area contributed by atoms with Crippen molar-refractivity contribution >= 4 is 28.1 Å². The number of hydrogen-bond acceptors (Lipinski definition) is 6. The fraction of sp³-hybridized carbons (Fsp3) is 0.500. The van der Waals surface area contributed by atoms with Gasteiger partial charge in [-0.15, -0.1) is 4.31 Å². The van der Waals surface area contributed by atoms with Gasteiger partial charge in [0.15, 0.2) is 11.6 Å². The number of rotatable bonds is 5. The second-order valence-electron chi connectivity index (χ2n) is 7.57. The zero-order valence-electron chi connectivity index (χ0n) is 15.7. The molecule has 1 saturated carbocycles. The van der Waals surface area contributed by atoms with Crippen LogP contribution in [0.5, 0.6) is 0 Å². The van der Waals surface area contributed by atoms with Crippen LogP contribution in [0.1, 0.15) is 32.1 Å². The highest BCUT2D eigenvalue weighted by Crippen LogP contribution is 2.27. The van der Waals surface area contributed by atoms with Crippen LogP contribution in [0.3, 0.4) is 0 Å². The van der Waals surface area contributed by atoms with E-state index < -0.39 is 11.4 Å². The number of esters is 1. The molecule has 0 bridgehead atoms. The predicted octanol–water partition coefficient (Wildman–Crippen LogP) is 1.75. The summed E-state index contributed by atoms with van der Waals surface area (Å²) in [5.74, 6) is -0.276. The van der Waals surface area contributed by atoms with Crippen LogP contribution in [-0.4, -0.2) is 38.5 Å². The average molecular weight is 404 g/mol. The molecule has 28 heavy (non-hydrogen) atoms. The number of nitrogens with zero attached hydrogens (tertiary/aromatic N) is 2. The molecule has 150 valence electrons. The summed E-state index contributed by atoms with van der Waals surface area (Å²) < 4.78 is 21.5. The topological polar surface area (TPSA) is 101 Å². The molecule has 8 heteroatoms. The molecule has 1 aromatic carbocycles. The summed E-state index contributed by atoms with van der Waals surface area (Å²) in [5.41, 5.74) is 5.67. The smallest absolute Gasteiger partial charge is 0.310 e. The largest absolute Gasteiger partial charge is 0.593 e. The van der Waals surface area contributed by atoms with Crippen molar-refractivity contribution in [1.82, 2.24) is 8.87 Å². The highest BCUT2D eigenvalue weighted by molar-refractivity contribution is 7.89. The number of aromatic nitrogens is 1. The molecule has 7 nitrogen and oxygen atoms in total. The van der Waals surface area contributed by atoms with Gasteiger partial charge in [0.1, 0.15) is 0 Å². The molecule has 2 unspecified atom stereocenters. The number of carbonyl (C=O) groups is 1. The average Bonchev–Trinajstić information content (AvgIpc) is 3.38. The zero-order valence-corrected chi connectivity index (χ0v) is 16.5. The fourth-order valence-corrected chi connectivity index (χ4v) is 5.44. The summed E-state index contributed by atoms with van der Waals surface area (Å²) in [4.78, 5) is 25.6. The Morgan fingerprint density at radius 1 is 1.21 bits per heavy atom. The molecule has 1 aliphatic carbocycles. The molecular formula is C20H25N3O4S. The van der Waals surface area contributed by atoms with Crippen molar-refractivity contribution in [2.45, 2.75) is 49.8 Å². The van der Waals surface area contributed by atoms with E-state index in [0.29, 0.717) is 28.8 Å². The molecule has 0 spiro atoms. The van der Waals surface area contributed by atoms with Gasteiger partial charge in [-0.3, -0.25) is 14.2 Å². The van der Waals surface area contributed by atoms with Crippen LogP contribution in [0.25, 0.3) is 10.8 Å². The van der Waals surface area contributed by atoms with E-state index in [2.05, 4.69) is 0 Å². The third kappa shape index (κ3) is 3.82. The number of ether oxygens (including phenoxy) is 1. The Morgan fingerprint density at radius 3 is 2.71 bits per heavy atom. The summed E-state index contributed by atoms with van der Waals surface area (Å²) in [6.07, 6.45) is 6.25. The SMILES string of the molecule is NC1CCN([S+]([O-])c2cccc3c(=O)n(COC(=O)C4CCCC4)ccc23)C1. The Hall–Kier alpha value is -1.87. The minimum atomic E-state index is -1.36. The van der Waals surface area contributed by atoms with E-state index >= 15 is 0 Å². The van der Waals surface area contributed by atoms with Gasteiger partial charge >= 0.3 is 5.97 Å². The summed E-state index contributed by atoms with van der Waals surface area (Å²) >= 11 is -1.36. The van der Waals surface area contributed by atoms with Crippen molar-refractivity contribution in [2.24, 2.45) is 11.7 Å². The van der Waals surface area contributed by atoms with Crippen LogP contribution in [-0.2, 0) is 27.6 Å². The molecule has 2 atom stereocenters. The molecule has 0 radical (unpaired) electrons. The molecule has 2 aliphatic rings. The third-order valence-corrected chi connectivity index (χ3v) is 7.16. The lowest BCUT2D eigenvalue weighted by molar-refractivity contribution is -0.152. The van der Waals surface area contributed by atoms with E-state index in [0.717, 1.165) is 32.1 Å². The molecule has 1 saturated heterocycles. The van der Waals surface area contributed by atoms with Gasteiger partial charge in [-0.1, -0.05) is 18.9 Å². The summed E-state index contributed by atoms with van der Waals surface area (Å²) in [6, 6.07) is 7.03. The first-order valence-corrected chi connectivity index (χ1v) is 10.9. The first-order chi connectivity index (χ1) is 13.5. The van der Waals surface area contributed by atoms with E-state index in [-0.39, 0.29) is 30.2 Å². The summed E-state index contributed by atoms with van der Waals surface area (Å²) in [6.45, 7) is 1.16. The monoisotopic (exact) mass is 403 g/mol. The molecular weight excluding hydrogens is 378 g/mol. The van der Waals surface area contributed by atoms with Crippen LogP contribution in [0.15, 0.2) is 40.2 Å². The van der Waals surface area contributed by atoms with Crippen molar-refractivity contribution in [2.75, 3.05) is 13.1 Å². The van der Waals surface area contributed by atoms with Crippen LogP contribution in [0.4, 0.5) is 0 Å². The molecule has 4 rings (SSSR count). The maximum Gasteiger partial charge on any atom is 0.310 e. The van der Waals surface area contributed by atoms with Gasteiger partial charge < -0.3 is 15.0 Å². The first-order valence-electron chi connectivity index (χ1n) is 9.76. The van der Waals surface area contributed by atoms with Crippen LogP contribution in [0.2, 0.25) is 0 Å². The standard InChI is InChI=1S/C20H25N3O4S/c21-15-8-11-23(12-15)28(26)18-7-3-6-17-16(18)9-10-22(19(17)24)13-27-20(25)14-4-1-2-5-14/h3,6-7,9-10,14-15H,1-2,4-5,8,11-13,21H2. The number of carbonyl (C=O) groups excluding carboxylic acids is 1. The van der Waals surface area contributed by atoms with Gasteiger partial charge in [-0.05, 0) is 37.5 Å². The second-order valence-corrected chi connectivity index (χ2v) is 9.02. The van der Waals surface area contributed by atoms with Gasteiger partial charge in [-0.2, -0.15) is 0 Å². The van der Waals surface area contributed by atoms with Crippen molar-refractivity contribution in [3.63, 3.8) is 0 Å². The lowest BCUT2D eigenvalue weighted by atomic mass is 10.1. The Morgan fingerprint density at radius 2 is 2.00 bits per heavy atom. The Labute approximate surface area is 166 Å². The Kier molecular flexibility index (Phi) is 5.73. The molecule has 2 heterocycles. The van der Waals surface area contributed by atoms with Gasteiger partial charge in [-0.25, -0.2) is 0 Å². The molecule has 2 fully saturated rings.